The summed E-state index contributed by atoms with van der Waals surface area (Å²) in [5.41, 5.74) is 3.19. The first kappa shape index (κ1) is 15.6. The summed E-state index contributed by atoms with van der Waals surface area (Å²) in [6, 6.07) is 8.57. The first-order valence-electron chi connectivity index (χ1n) is 7.54. The van der Waals surface area contributed by atoms with E-state index in [1.165, 1.54) is 5.56 Å². The molecule has 0 aliphatic carbocycles. The molecular weight excluding hydrogens is 262 g/mol. The zero-order chi connectivity index (χ0) is 15.4. The molecule has 2 rings (SSSR count). The molecule has 0 aliphatic rings. The SMILES string of the molecule is CCCNC(C)c1cccc(Oc2c(C)nn(C)c2C)c1. The molecule has 4 nitrogen and oxygen atoms in total. The number of benzene rings is 1. The third-order valence-electron chi connectivity index (χ3n) is 3.72. The average molecular weight is 287 g/mol. The first-order chi connectivity index (χ1) is 10.0. The summed E-state index contributed by atoms with van der Waals surface area (Å²) in [4.78, 5) is 0. The number of hydrogen-bond donors (Lipinski definition) is 1. The molecule has 0 fully saturated rings. The second kappa shape index (κ2) is 6.76. The van der Waals surface area contributed by atoms with Crippen molar-refractivity contribution in [2.75, 3.05) is 6.54 Å². The zero-order valence-corrected chi connectivity index (χ0v) is 13.6. The third-order valence-corrected chi connectivity index (χ3v) is 3.72. The van der Waals surface area contributed by atoms with Crippen molar-refractivity contribution in [1.82, 2.24) is 15.1 Å². The number of aryl methyl sites for hydroxylation is 2. The van der Waals surface area contributed by atoms with Crippen LogP contribution < -0.4 is 10.1 Å². The average Bonchev–Trinajstić information content (AvgIpc) is 2.71. The predicted octanol–water partition coefficient (Wildman–Crippen LogP) is 3.89. The van der Waals surface area contributed by atoms with Crippen molar-refractivity contribution in [2.24, 2.45) is 7.05 Å². The molecule has 0 aliphatic heterocycles. The van der Waals surface area contributed by atoms with Crippen molar-refractivity contribution in [2.45, 2.75) is 40.2 Å². The maximum absolute atomic E-state index is 6.04. The van der Waals surface area contributed by atoms with Gasteiger partial charge in [0.15, 0.2) is 5.75 Å². The summed E-state index contributed by atoms with van der Waals surface area (Å²) in [5.74, 6) is 1.71. The lowest BCUT2D eigenvalue weighted by atomic mass is 10.1. The normalized spacial score (nSPS) is 12.4. The molecule has 0 saturated heterocycles. The Kier molecular flexibility index (Phi) is 5.02. The van der Waals surface area contributed by atoms with Crippen molar-refractivity contribution in [1.29, 1.82) is 0 Å². The van der Waals surface area contributed by atoms with Crippen LogP contribution in [0.25, 0.3) is 0 Å². The fourth-order valence-electron chi connectivity index (χ4n) is 2.35. The van der Waals surface area contributed by atoms with Crippen LogP contribution in [0.1, 0.15) is 43.3 Å². The van der Waals surface area contributed by atoms with Gasteiger partial charge >= 0.3 is 0 Å². The monoisotopic (exact) mass is 287 g/mol. The lowest BCUT2D eigenvalue weighted by Crippen LogP contribution is -2.19. The van der Waals surface area contributed by atoms with Crippen molar-refractivity contribution >= 4 is 0 Å². The fraction of sp³-hybridized carbons (Fsp3) is 0.471. The van der Waals surface area contributed by atoms with Crippen LogP contribution in [-0.2, 0) is 7.05 Å². The molecule has 114 valence electrons. The van der Waals surface area contributed by atoms with Crippen LogP contribution in [0.4, 0.5) is 0 Å². The smallest absolute Gasteiger partial charge is 0.171 e. The van der Waals surface area contributed by atoms with E-state index in [0.717, 1.165) is 35.9 Å². The van der Waals surface area contributed by atoms with Gasteiger partial charge in [0.1, 0.15) is 11.4 Å². The van der Waals surface area contributed by atoms with Gasteiger partial charge in [-0.15, -0.1) is 0 Å². The van der Waals surface area contributed by atoms with Gasteiger partial charge in [0, 0.05) is 13.1 Å². The summed E-state index contributed by atoms with van der Waals surface area (Å²) in [7, 11) is 1.93. The van der Waals surface area contributed by atoms with E-state index in [9.17, 15) is 0 Å². The standard InChI is InChI=1S/C17H25N3O/c1-6-10-18-12(2)15-8-7-9-16(11-15)21-17-13(3)19-20(5)14(17)4/h7-9,11-12,18H,6,10H2,1-5H3. The number of ether oxygens (including phenoxy) is 1. The lowest BCUT2D eigenvalue weighted by molar-refractivity contribution is 0.471. The Labute approximate surface area is 127 Å². The van der Waals surface area contributed by atoms with Crippen LogP contribution in [0.15, 0.2) is 24.3 Å². The minimum atomic E-state index is 0.324. The van der Waals surface area contributed by atoms with Crippen LogP contribution in [0.2, 0.25) is 0 Å². The van der Waals surface area contributed by atoms with Gasteiger partial charge in [-0.05, 0) is 51.4 Å². The molecule has 1 heterocycles. The van der Waals surface area contributed by atoms with Gasteiger partial charge in [0.25, 0.3) is 0 Å². The third kappa shape index (κ3) is 3.64. The minimum Gasteiger partial charge on any atom is -0.453 e. The highest BCUT2D eigenvalue weighted by Crippen LogP contribution is 2.29. The lowest BCUT2D eigenvalue weighted by Gasteiger charge is -2.15. The van der Waals surface area contributed by atoms with Gasteiger partial charge in [-0.2, -0.15) is 5.10 Å². The second-order valence-corrected chi connectivity index (χ2v) is 5.47. The fourth-order valence-corrected chi connectivity index (χ4v) is 2.35. The van der Waals surface area contributed by atoms with E-state index in [4.69, 9.17) is 4.74 Å². The highest BCUT2D eigenvalue weighted by Gasteiger charge is 2.12. The first-order valence-corrected chi connectivity index (χ1v) is 7.54. The van der Waals surface area contributed by atoms with Gasteiger partial charge in [-0.1, -0.05) is 19.1 Å². The molecule has 21 heavy (non-hydrogen) atoms. The van der Waals surface area contributed by atoms with Gasteiger partial charge < -0.3 is 10.1 Å². The van der Waals surface area contributed by atoms with Gasteiger partial charge in [-0.25, -0.2) is 0 Å². The van der Waals surface area contributed by atoms with Crippen LogP contribution in [0.5, 0.6) is 11.5 Å². The summed E-state index contributed by atoms with van der Waals surface area (Å²) in [5, 5.41) is 7.88. The van der Waals surface area contributed by atoms with E-state index in [1.807, 2.05) is 37.7 Å². The summed E-state index contributed by atoms with van der Waals surface area (Å²) >= 11 is 0. The molecule has 0 amide bonds. The van der Waals surface area contributed by atoms with Crippen LogP contribution in [-0.4, -0.2) is 16.3 Å². The molecule has 0 spiro atoms. The van der Waals surface area contributed by atoms with Gasteiger partial charge in [0.2, 0.25) is 0 Å². The quantitative estimate of drug-likeness (QED) is 0.876. The highest BCUT2D eigenvalue weighted by molar-refractivity contribution is 5.39. The number of nitrogens with zero attached hydrogens (tertiary/aromatic N) is 2. The number of hydrogen-bond acceptors (Lipinski definition) is 3. The number of nitrogens with one attached hydrogen (secondary N) is 1. The molecule has 4 heteroatoms. The van der Waals surface area contributed by atoms with E-state index in [-0.39, 0.29) is 0 Å². The molecular formula is C17H25N3O. The predicted molar refractivity (Wildman–Crippen MR) is 85.9 cm³/mol. The van der Waals surface area contributed by atoms with Crippen molar-refractivity contribution in [3.8, 4) is 11.5 Å². The molecule has 0 saturated carbocycles. The van der Waals surface area contributed by atoms with Crippen molar-refractivity contribution < 1.29 is 4.74 Å². The number of aromatic nitrogens is 2. The Morgan fingerprint density at radius 3 is 2.71 bits per heavy atom. The molecule has 1 aromatic carbocycles. The number of rotatable bonds is 6. The van der Waals surface area contributed by atoms with E-state index < -0.39 is 0 Å². The second-order valence-electron chi connectivity index (χ2n) is 5.47. The molecule has 1 N–H and O–H groups in total. The molecule has 2 aromatic rings. The molecule has 0 radical (unpaired) electrons. The Balaban J connectivity index is 2.17. The van der Waals surface area contributed by atoms with Crippen molar-refractivity contribution in [3.05, 3.63) is 41.2 Å². The topological polar surface area (TPSA) is 39.1 Å². The minimum absolute atomic E-state index is 0.324. The van der Waals surface area contributed by atoms with Crippen LogP contribution in [0.3, 0.4) is 0 Å². The summed E-state index contributed by atoms with van der Waals surface area (Å²) < 4.78 is 7.89. The maximum Gasteiger partial charge on any atom is 0.171 e. The molecule has 1 unspecified atom stereocenters. The van der Waals surface area contributed by atoms with E-state index in [1.54, 1.807) is 0 Å². The van der Waals surface area contributed by atoms with E-state index >= 15 is 0 Å². The van der Waals surface area contributed by atoms with Crippen LogP contribution >= 0.6 is 0 Å². The zero-order valence-electron chi connectivity index (χ0n) is 13.6. The highest BCUT2D eigenvalue weighted by atomic mass is 16.5. The molecule has 0 bridgehead atoms. The van der Waals surface area contributed by atoms with Gasteiger partial charge in [0.05, 0.1) is 5.69 Å². The Morgan fingerprint density at radius 2 is 2.10 bits per heavy atom. The Hall–Kier alpha value is -1.81. The largest absolute Gasteiger partial charge is 0.453 e. The maximum atomic E-state index is 6.04. The summed E-state index contributed by atoms with van der Waals surface area (Å²) in [6.07, 6.45) is 1.13. The molecule has 1 aromatic heterocycles. The molecule has 1 atom stereocenters. The van der Waals surface area contributed by atoms with E-state index in [2.05, 4.69) is 36.4 Å². The Bertz CT molecular complexity index is 604. The van der Waals surface area contributed by atoms with Crippen LogP contribution in [0, 0.1) is 13.8 Å². The van der Waals surface area contributed by atoms with Crippen molar-refractivity contribution in [3.63, 3.8) is 0 Å². The summed E-state index contributed by atoms with van der Waals surface area (Å²) in [6.45, 7) is 9.36. The Morgan fingerprint density at radius 1 is 1.33 bits per heavy atom. The van der Waals surface area contributed by atoms with E-state index in [0.29, 0.717) is 6.04 Å². The van der Waals surface area contributed by atoms with Gasteiger partial charge in [-0.3, -0.25) is 4.68 Å².